The van der Waals surface area contributed by atoms with Gasteiger partial charge in [-0.2, -0.15) is 15.0 Å². The number of rotatable bonds is 5. The number of fused-ring (bicyclic) bond motifs is 1. The van der Waals surface area contributed by atoms with Gasteiger partial charge in [0, 0.05) is 18.0 Å². The van der Waals surface area contributed by atoms with Gasteiger partial charge < -0.3 is 10.1 Å². The van der Waals surface area contributed by atoms with Crippen molar-refractivity contribution in [2.24, 2.45) is 7.05 Å². The summed E-state index contributed by atoms with van der Waals surface area (Å²) in [5.41, 5.74) is 1.81. The molecule has 28 heavy (non-hydrogen) atoms. The highest BCUT2D eigenvalue weighted by molar-refractivity contribution is 5.96. The number of hydrogen-bond donors (Lipinski definition) is 1. The zero-order valence-electron chi connectivity index (χ0n) is 15.3. The van der Waals surface area contributed by atoms with Gasteiger partial charge in [-0.25, -0.2) is 4.39 Å². The van der Waals surface area contributed by atoms with Gasteiger partial charge in [0.15, 0.2) is 5.82 Å². The first-order valence-electron chi connectivity index (χ1n) is 8.51. The molecular formula is C19H17FN6O2. The third-order valence-corrected chi connectivity index (χ3v) is 4.24. The highest BCUT2D eigenvalue weighted by Gasteiger charge is 2.18. The summed E-state index contributed by atoms with van der Waals surface area (Å²) in [4.78, 5) is 13.8. The number of carbonyl (C=O) groups is 1. The fourth-order valence-electron chi connectivity index (χ4n) is 3.03. The van der Waals surface area contributed by atoms with Crippen molar-refractivity contribution in [3.63, 3.8) is 0 Å². The average Bonchev–Trinajstić information content (AvgIpc) is 3.25. The van der Waals surface area contributed by atoms with Crippen LogP contribution in [0.25, 0.3) is 22.2 Å². The van der Waals surface area contributed by atoms with Crippen molar-refractivity contribution in [1.82, 2.24) is 24.8 Å². The van der Waals surface area contributed by atoms with E-state index in [-0.39, 0.29) is 12.5 Å². The number of nitrogens with zero attached hydrogens (tertiary/aromatic N) is 5. The fraction of sp³-hybridized carbons (Fsp3) is 0.158. The largest absolute Gasteiger partial charge is 0.496 e. The van der Waals surface area contributed by atoms with Crippen molar-refractivity contribution >= 4 is 22.6 Å². The van der Waals surface area contributed by atoms with Crippen LogP contribution < -0.4 is 10.1 Å². The normalized spacial score (nSPS) is 11.0. The van der Waals surface area contributed by atoms with Crippen LogP contribution in [0.3, 0.4) is 0 Å². The van der Waals surface area contributed by atoms with Crippen molar-refractivity contribution in [2.45, 2.75) is 6.54 Å². The third-order valence-electron chi connectivity index (χ3n) is 4.24. The average molecular weight is 380 g/mol. The standard InChI is InChI=1S/C19H17FN6O2/c1-25-21-10-17(23-25)22-18(27)11-26-15-6-4-3-5-13(15)19(24-26)14-9-12(20)7-8-16(14)28-2/h3-10H,11H2,1-2H3,(H,22,23,27). The van der Waals surface area contributed by atoms with E-state index < -0.39 is 5.82 Å². The number of anilines is 1. The van der Waals surface area contributed by atoms with Gasteiger partial charge in [0.05, 0.1) is 18.8 Å². The molecule has 8 nitrogen and oxygen atoms in total. The van der Waals surface area contributed by atoms with E-state index in [0.717, 1.165) is 10.9 Å². The minimum absolute atomic E-state index is 0.0330. The number of methoxy groups -OCH3 is 1. The lowest BCUT2D eigenvalue weighted by atomic mass is 10.1. The van der Waals surface area contributed by atoms with Crippen LogP contribution in [0.4, 0.5) is 10.2 Å². The minimum Gasteiger partial charge on any atom is -0.496 e. The highest BCUT2D eigenvalue weighted by atomic mass is 19.1. The first-order chi connectivity index (χ1) is 13.5. The molecule has 0 radical (unpaired) electrons. The van der Waals surface area contributed by atoms with E-state index in [1.165, 1.54) is 30.2 Å². The maximum absolute atomic E-state index is 13.9. The zero-order valence-corrected chi connectivity index (χ0v) is 15.3. The molecule has 0 atom stereocenters. The van der Waals surface area contributed by atoms with Crippen LogP contribution in [0.15, 0.2) is 48.7 Å². The molecule has 0 aliphatic rings. The van der Waals surface area contributed by atoms with Crippen LogP contribution in [0.1, 0.15) is 0 Å². The molecule has 0 saturated carbocycles. The van der Waals surface area contributed by atoms with Gasteiger partial charge in [-0.3, -0.25) is 9.48 Å². The Balaban J connectivity index is 1.73. The van der Waals surface area contributed by atoms with Crippen LogP contribution in [0.5, 0.6) is 5.75 Å². The fourth-order valence-corrected chi connectivity index (χ4v) is 3.03. The minimum atomic E-state index is -0.394. The lowest BCUT2D eigenvalue weighted by molar-refractivity contribution is -0.116. The molecule has 1 amide bonds. The van der Waals surface area contributed by atoms with Crippen molar-refractivity contribution < 1.29 is 13.9 Å². The Bertz CT molecular complexity index is 1170. The van der Waals surface area contributed by atoms with Crippen LogP contribution in [-0.2, 0) is 18.4 Å². The third kappa shape index (κ3) is 3.29. The molecule has 4 rings (SSSR count). The Kier molecular flexibility index (Phi) is 4.48. The number of halogens is 1. The van der Waals surface area contributed by atoms with Crippen molar-refractivity contribution in [2.75, 3.05) is 12.4 Å². The Morgan fingerprint density at radius 3 is 2.79 bits per heavy atom. The number of amides is 1. The number of nitrogens with one attached hydrogen (secondary N) is 1. The van der Waals surface area contributed by atoms with E-state index in [2.05, 4.69) is 20.6 Å². The number of aryl methyl sites for hydroxylation is 1. The summed E-state index contributed by atoms with van der Waals surface area (Å²) in [7, 11) is 3.18. The molecule has 0 spiro atoms. The molecule has 2 heterocycles. The highest BCUT2D eigenvalue weighted by Crippen LogP contribution is 2.34. The summed E-state index contributed by atoms with van der Waals surface area (Å²) in [6.07, 6.45) is 1.46. The van der Waals surface area contributed by atoms with Gasteiger partial charge in [-0.1, -0.05) is 18.2 Å². The van der Waals surface area contributed by atoms with E-state index in [4.69, 9.17) is 4.74 Å². The monoisotopic (exact) mass is 380 g/mol. The van der Waals surface area contributed by atoms with Gasteiger partial charge >= 0.3 is 0 Å². The second-order valence-corrected chi connectivity index (χ2v) is 6.14. The predicted octanol–water partition coefficient (Wildman–Crippen LogP) is 2.62. The van der Waals surface area contributed by atoms with Crippen LogP contribution >= 0.6 is 0 Å². The number of para-hydroxylation sites is 1. The van der Waals surface area contributed by atoms with Gasteiger partial charge in [0.1, 0.15) is 23.8 Å². The van der Waals surface area contributed by atoms with Crippen LogP contribution in [0, 0.1) is 5.82 Å². The summed E-state index contributed by atoms with van der Waals surface area (Å²) < 4.78 is 20.8. The van der Waals surface area contributed by atoms with Gasteiger partial charge in [-0.15, -0.1) is 5.10 Å². The topological polar surface area (TPSA) is 86.9 Å². The lowest BCUT2D eigenvalue weighted by Crippen LogP contribution is -2.19. The second kappa shape index (κ2) is 7.10. The van der Waals surface area contributed by atoms with E-state index >= 15 is 0 Å². The smallest absolute Gasteiger partial charge is 0.247 e. The summed E-state index contributed by atoms with van der Waals surface area (Å²) >= 11 is 0. The Labute approximate surface area is 159 Å². The molecule has 1 N–H and O–H groups in total. The number of aromatic nitrogens is 5. The molecule has 0 aliphatic heterocycles. The SMILES string of the molecule is COc1ccc(F)cc1-c1nn(CC(=O)Nc2cnn(C)n2)c2ccccc12. The quantitative estimate of drug-likeness (QED) is 0.575. The zero-order chi connectivity index (χ0) is 19.7. The van der Waals surface area contributed by atoms with E-state index in [1.807, 2.05) is 24.3 Å². The molecule has 2 aromatic carbocycles. The molecule has 142 valence electrons. The van der Waals surface area contributed by atoms with Crippen molar-refractivity contribution in [1.29, 1.82) is 0 Å². The van der Waals surface area contributed by atoms with Crippen molar-refractivity contribution in [3.8, 4) is 17.0 Å². The number of carbonyl (C=O) groups excluding carboxylic acids is 1. The van der Waals surface area contributed by atoms with Gasteiger partial charge in [-0.05, 0) is 24.3 Å². The first-order valence-corrected chi connectivity index (χ1v) is 8.51. The summed E-state index contributed by atoms with van der Waals surface area (Å²) in [6.45, 7) is -0.0330. The molecule has 2 aromatic heterocycles. The van der Waals surface area contributed by atoms with Crippen LogP contribution in [0.2, 0.25) is 0 Å². The second-order valence-electron chi connectivity index (χ2n) is 6.14. The van der Waals surface area contributed by atoms with E-state index in [0.29, 0.717) is 22.8 Å². The van der Waals surface area contributed by atoms with Crippen LogP contribution in [-0.4, -0.2) is 37.8 Å². The van der Waals surface area contributed by atoms with E-state index in [1.54, 1.807) is 17.8 Å². The number of benzene rings is 2. The molecule has 0 aliphatic carbocycles. The molecule has 0 bridgehead atoms. The van der Waals surface area contributed by atoms with Gasteiger partial charge in [0.2, 0.25) is 5.91 Å². The van der Waals surface area contributed by atoms with E-state index in [9.17, 15) is 9.18 Å². The molecule has 0 unspecified atom stereocenters. The summed E-state index contributed by atoms with van der Waals surface area (Å²) in [5.74, 6) is 0.165. The number of ether oxygens (including phenoxy) is 1. The maximum atomic E-state index is 13.9. The predicted molar refractivity (Wildman–Crippen MR) is 101 cm³/mol. The maximum Gasteiger partial charge on any atom is 0.247 e. The summed E-state index contributed by atoms with van der Waals surface area (Å²) in [6, 6.07) is 11.7. The molecule has 0 fully saturated rings. The molecule has 0 saturated heterocycles. The Morgan fingerprint density at radius 1 is 1.21 bits per heavy atom. The lowest BCUT2D eigenvalue weighted by Gasteiger charge is -2.06. The van der Waals surface area contributed by atoms with Crippen molar-refractivity contribution in [3.05, 3.63) is 54.5 Å². The molecule has 4 aromatic rings. The number of hydrogen-bond acceptors (Lipinski definition) is 5. The summed E-state index contributed by atoms with van der Waals surface area (Å²) in [5, 5.41) is 16.0. The Morgan fingerprint density at radius 2 is 2.04 bits per heavy atom. The Hall–Kier alpha value is -3.75. The molecular weight excluding hydrogens is 363 g/mol. The van der Waals surface area contributed by atoms with Gasteiger partial charge in [0.25, 0.3) is 0 Å². The molecule has 9 heteroatoms. The first kappa shape index (κ1) is 17.7.